The van der Waals surface area contributed by atoms with E-state index in [-0.39, 0.29) is 17.8 Å². The number of thioether (sulfide) groups is 1. The predicted octanol–water partition coefficient (Wildman–Crippen LogP) is 1.96. The SMILES string of the molecule is COC(=O)C1CCN(C(=O)CSc2nc(C)cs2)CC1. The Labute approximate surface area is 126 Å². The lowest BCUT2D eigenvalue weighted by atomic mass is 9.97. The summed E-state index contributed by atoms with van der Waals surface area (Å²) in [7, 11) is 1.41. The number of carbonyl (C=O) groups excluding carboxylic acids is 2. The highest BCUT2D eigenvalue weighted by atomic mass is 32.2. The molecule has 1 aromatic rings. The van der Waals surface area contributed by atoms with Crippen molar-refractivity contribution < 1.29 is 14.3 Å². The third kappa shape index (κ3) is 3.96. The smallest absolute Gasteiger partial charge is 0.308 e. The Bertz CT molecular complexity index is 482. The number of amides is 1. The number of carbonyl (C=O) groups is 2. The summed E-state index contributed by atoms with van der Waals surface area (Å²) >= 11 is 3.04. The van der Waals surface area contributed by atoms with E-state index in [0.29, 0.717) is 31.7 Å². The first-order valence-electron chi connectivity index (χ1n) is 6.50. The van der Waals surface area contributed by atoms with Crippen molar-refractivity contribution in [2.24, 2.45) is 5.92 Å². The average molecular weight is 314 g/mol. The van der Waals surface area contributed by atoms with Crippen molar-refractivity contribution in [3.63, 3.8) is 0 Å². The van der Waals surface area contributed by atoms with Crippen LogP contribution in [0.15, 0.2) is 9.72 Å². The molecule has 2 rings (SSSR count). The van der Waals surface area contributed by atoms with E-state index in [1.807, 2.05) is 17.2 Å². The van der Waals surface area contributed by atoms with Gasteiger partial charge in [0.15, 0.2) is 4.34 Å². The van der Waals surface area contributed by atoms with Gasteiger partial charge < -0.3 is 9.64 Å². The number of ether oxygens (including phenoxy) is 1. The van der Waals surface area contributed by atoms with Crippen LogP contribution in [0.2, 0.25) is 0 Å². The largest absolute Gasteiger partial charge is 0.469 e. The summed E-state index contributed by atoms with van der Waals surface area (Å²) in [6, 6.07) is 0. The van der Waals surface area contributed by atoms with Gasteiger partial charge in [-0.05, 0) is 19.8 Å². The van der Waals surface area contributed by atoms with Gasteiger partial charge in [0.05, 0.1) is 18.8 Å². The lowest BCUT2D eigenvalue weighted by Gasteiger charge is -2.30. The fourth-order valence-electron chi connectivity index (χ4n) is 2.14. The second kappa shape index (κ2) is 7.08. The van der Waals surface area contributed by atoms with E-state index in [2.05, 4.69) is 4.98 Å². The molecule has 1 aliphatic rings. The molecule has 110 valence electrons. The van der Waals surface area contributed by atoms with Crippen LogP contribution in [-0.4, -0.2) is 47.7 Å². The maximum absolute atomic E-state index is 12.1. The van der Waals surface area contributed by atoms with Crippen LogP contribution in [0.1, 0.15) is 18.5 Å². The number of thiazole rings is 1. The van der Waals surface area contributed by atoms with Gasteiger partial charge in [-0.15, -0.1) is 11.3 Å². The Morgan fingerprint density at radius 2 is 2.20 bits per heavy atom. The lowest BCUT2D eigenvalue weighted by molar-refractivity contribution is -0.148. The van der Waals surface area contributed by atoms with E-state index in [4.69, 9.17) is 4.74 Å². The van der Waals surface area contributed by atoms with E-state index in [1.54, 1.807) is 11.3 Å². The number of likely N-dealkylation sites (tertiary alicyclic amines) is 1. The fraction of sp³-hybridized carbons (Fsp3) is 0.615. The summed E-state index contributed by atoms with van der Waals surface area (Å²) < 4.78 is 5.67. The van der Waals surface area contributed by atoms with Crippen LogP contribution in [0.3, 0.4) is 0 Å². The Hall–Kier alpha value is -1.08. The number of aryl methyl sites for hydroxylation is 1. The molecule has 0 bridgehead atoms. The zero-order valence-electron chi connectivity index (χ0n) is 11.6. The molecule has 2 heterocycles. The van der Waals surface area contributed by atoms with Crippen LogP contribution >= 0.6 is 23.1 Å². The summed E-state index contributed by atoms with van der Waals surface area (Å²) in [6.07, 6.45) is 1.39. The first kappa shape index (κ1) is 15.3. The highest BCUT2D eigenvalue weighted by molar-refractivity contribution is 8.01. The Balaban J connectivity index is 1.76. The minimum absolute atomic E-state index is 0.0571. The lowest BCUT2D eigenvalue weighted by Crippen LogP contribution is -2.41. The molecule has 0 unspecified atom stereocenters. The molecule has 1 fully saturated rings. The fourth-order valence-corrected chi connectivity index (χ4v) is 3.90. The van der Waals surface area contributed by atoms with Crippen molar-refractivity contribution in [1.29, 1.82) is 0 Å². The third-order valence-corrected chi connectivity index (χ3v) is 5.42. The zero-order valence-corrected chi connectivity index (χ0v) is 13.3. The van der Waals surface area contributed by atoms with Crippen molar-refractivity contribution in [3.05, 3.63) is 11.1 Å². The number of piperidine rings is 1. The van der Waals surface area contributed by atoms with E-state index in [0.717, 1.165) is 10.0 Å². The highest BCUT2D eigenvalue weighted by Crippen LogP contribution is 2.24. The number of hydrogen-bond donors (Lipinski definition) is 0. The molecule has 0 spiro atoms. The quantitative estimate of drug-likeness (QED) is 0.628. The minimum atomic E-state index is -0.162. The maximum atomic E-state index is 12.1. The minimum Gasteiger partial charge on any atom is -0.469 e. The van der Waals surface area contributed by atoms with Crippen LogP contribution in [0.25, 0.3) is 0 Å². The second-order valence-electron chi connectivity index (χ2n) is 4.72. The number of esters is 1. The van der Waals surface area contributed by atoms with Gasteiger partial charge in [-0.25, -0.2) is 4.98 Å². The Kier molecular flexibility index (Phi) is 5.42. The van der Waals surface area contributed by atoms with Crippen LogP contribution in [0, 0.1) is 12.8 Å². The monoisotopic (exact) mass is 314 g/mol. The van der Waals surface area contributed by atoms with Gasteiger partial charge in [0.2, 0.25) is 5.91 Å². The third-order valence-electron chi connectivity index (χ3n) is 3.30. The van der Waals surface area contributed by atoms with E-state index in [1.165, 1.54) is 18.9 Å². The second-order valence-corrected chi connectivity index (χ2v) is 6.80. The molecule has 0 atom stereocenters. The van der Waals surface area contributed by atoms with Gasteiger partial charge in [-0.1, -0.05) is 11.8 Å². The number of aromatic nitrogens is 1. The molecule has 0 saturated carbocycles. The molecule has 1 saturated heterocycles. The number of rotatable bonds is 4. The Morgan fingerprint density at radius 3 is 2.75 bits per heavy atom. The van der Waals surface area contributed by atoms with Crippen molar-refractivity contribution in [1.82, 2.24) is 9.88 Å². The number of methoxy groups -OCH3 is 1. The van der Waals surface area contributed by atoms with Crippen molar-refractivity contribution in [2.75, 3.05) is 26.0 Å². The molecule has 5 nitrogen and oxygen atoms in total. The van der Waals surface area contributed by atoms with Crippen molar-refractivity contribution in [2.45, 2.75) is 24.1 Å². The molecule has 1 aromatic heterocycles. The van der Waals surface area contributed by atoms with Crippen LogP contribution < -0.4 is 0 Å². The van der Waals surface area contributed by atoms with Gasteiger partial charge in [0, 0.05) is 24.2 Å². The standard InChI is InChI=1S/C13H18N2O3S2/c1-9-7-19-13(14-9)20-8-11(16)15-5-3-10(4-6-15)12(17)18-2/h7,10H,3-6,8H2,1-2H3. The van der Waals surface area contributed by atoms with Crippen LogP contribution in [0.5, 0.6) is 0 Å². The van der Waals surface area contributed by atoms with Gasteiger partial charge >= 0.3 is 5.97 Å². The molecular formula is C13H18N2O3S2. The summed E-state index contributed by atoms with van der Waals surface area (Å²) in [4.78, 5) is 29.7. The first-order valence-corrected chi connectivity index (χ1v) is 8.37. The predicted molar refractivity (Wildman–Crippen MR) is 78.9 cm³/mol. The highest BCUT2D eigenvalue weighted by Gasteiger charge is 2.27. The van der Waals surface area contributed by atoms with E-state index >= 15 is 0 Å². The zero-order chi connectivity index (χ0) is 14.5. The summed E-state index contributed by atoms with van der Waals surface area (Å²) in [5.74, 6) is 0.310. The number of hydrogen-bond acceptors (Lipinski definition) is 6. The molecule has 0 aliphatic carbocycles. The Morgan fingerprint density at radius 1 is 1.50 bits per heavy atom. The topological polar surface area (TPSA) is 59.5 Å². The number of nitrogens with zero attached hydrogens (tertiary/aromatic N) is 2. The molecule has 1 amide bonds. The van der Waals surface area contributed by atoms with Gasteiger partial charge in [0.1, 0.15) is 0 Å². The van der Waals surface area contributed by atoms with Gasteiger partial charge in [0.25, 0.3) is 0 Å². The molecule has 0 radical (unpaired) electrons. The molecule has 0 aromatic carbocycles. The van der Waals surface area contributed by atoms with E-state index < -0.39 is 0 Å². The molecule has 1 aliphatic heterocycles. The van der Waals surface area contributed by atoms with Crippen LogP contribution in [-0.2, 0) is 14.3 Å². The van der Waals surface area contributed by atoms with Crippen molar-refractivity contribution in [3.8, 4) is 0 Å². The van der Waals surface area contributed by atoms with Crippen LogP contribution in [0.4, 0.5) is 0 Å². The molecular weight excluding hydrogens is 296 g/mol. The summed E-state index contributed by atoms with van der Waals surface area (Å²) in [6.45, 7) is 3.21. The molecule has 0 N–H and O–H groups in total. The normalized spacial score (nSPS) is 16.2. The van der Waals surface area contributed by atoms with Crippen molar-refractivity contribution >= 4 is 35.0 Å². The maximum Gasteiger partial charge on any atom is 0.308 e. The molecule has 20 heavy (non-hydrogen) atoms. The van der Waals surface area contributed by atoms with Gasteiger partial charge in [-0.2, -0.15) is 0 Å². The summed E-state index contributed by atoms with van der Waals surface area (Å²) in [5.41, 5.74) is 0.990. The van der Waals surface area contributed by atoms with E-state index in [9.17, 15) is 9.59 Å². The average Bonchev–Trinajstić information content (AvgIpc) is 2.89. The first-order chi connectivity index (χ1) is 9.60. The summed E-state index contributed by atoms with van der Waals surface area (Å²) in [5, 5.41) is 1.98. The van der Waals surface area contributed by atoms with Gasteiger partial charge in [-0.3, -0.25) is 9.59 Å². The molecule has 7 heteroatoms.